The predicted octanol–water partition coefficient (Wildman–Crippen LogP) is 7.22. The lowest BCUT2D eigenvalue weighted by Crippen LogP contribution is -2.24. The summed E-state index contributed by atoms with van der Waals surface area (Å²) < 4.78 is 32.4. The van der Waals surface area contributed by atoms with Gasteiger partial charge in [0.25, 0.3) is 0 Å². The summed E-state index contributed by atoms with van der Waals surface area (Å²) in [7, 11) is 3.24. The predicted molar refractivity (Wildman–Crippen MR) is 139 cm³/mol. The molecule has 3 rings (SSSR count). The molecule has 0 aromatic heterocycles. The van der Waals surface area contributed by atoms with Gasteiger partial charge in [0.1, 0.15) is 23.9 Å². The molecular weight excluding hydrogens is 459 g/mol. The summed E-state index contributed by atoms with van der Waals surface area (Å²) in [5, 5.41) is 8.94. The zero-order chi connectivity index (χ0) is 26.3. The highest BCUT2D eigenvalue weighted by atomic mass is 19.1. The normalized spacial score (nSPS) is 12.3. The third-order valence-corrected chi connectivity index (χ3v) is 6.65. The van der Waals surface area contributed by atoms with E-state index in [9.17, 15) is 9.18 Å². The van der Waals surface area contributed by atoms with Crippen LogP contribution < -0.4 is 9.47 Å². The minimum atomic E-state index is -0.830. The highest BCUT2D eigenvalue weighted by molar-refractivity contribution is 5.70. The van der Waals surface area contributed by atoms with Crippen molar-refractivity contribution >= 4 is 5.97 Å². The number of ether oxygens (including phenoxy) is 3. The summed E-state index contributed by atoms with van der Waals surface area (Å²) in [6, 6.07) is 18.1. The Bertz CT molecular complexity index is 1190. The van der Waals surface area contributed by atoms with Crippen molar-refractivity contribution in [3.63, 3.8) is 0 Å². The molecule has 1 unspecified atom stereocenters. The molecule has 0 aliphatic heterocycles. The topological polar surface area (TPSA) is 65.0 Å². The minimum Gasteiger partial charge on any atom is -0.497 e. The number of carboxylic acids is 1. The van der Waals surface area contributed by atoms with E-state index < -0.39 is 5.97 Å². The molecule has 3 aromatic rings. The van der Waals surface area contributed by atoms with E-state index in [2.05, 4.69) is 20.8 Å². The Balaban J connectivity index is 1.97. The SMILES string of the molecule is CCC(C)(C)C(OC)c1cc(COc2cccc(CCC(=O)O)c2)ccc1-c1cc(OC)ccc1F. The average Bonchev–Trinajstić information content (AvgIpc) is 2.87. The fraction of sp³-hybridized carbons (Fsp3) is 0.367. The van der Waals surface area contributed by atoms with Crippen molar-refractivity contribution < 1.29 is 28.5 Å². The first-order valence-electron chi connectivity index (χ1n) is 12.1. The van der Waals surface area contributed by atoms with Crippen LogP contribution in [0.1, 0.15) is 56.4 Å². The average molecular weight is 495 g/mol. The summed E-state index contributed by atoms with van der Waals surface area (Å²) in [6.45, 7) is 6.69. The molecule has 5 nitrogen and oxygen atoms in total. The highest BCUT2D eigenvalue weighted by Gasteiger charge is 2.32. The van der Waals surface area contributed by atoms with Crippen LogP contribution in [0.5, 0.6) is 11.5 Å². The van der Waals surface area contributed by atoms with Crippen molar-refractivity contribution in [1.29, 1.82) is 0 Å². The highest BCUT2D eigenvalue weighted by Crippen LogP contribution is 2.44. The van der Waals surface area contributed by atoms with Crippen molar-refractivity contribution in [2.75, 3.05) is 14.2 Å². The number of benzene rings is 3. The summed E-state index contributed by atoms with van der Waals surface area (Å²) in [5.74, 6) is 0.0864. The summed E-state index contributed by atoms with van der Waals surface area (Å²) in [4.78, 5) is 10.9. The van der Waals surface area contributed by atoms with Crippen molar-refractivity contribution in [3.8, 4) is 22.6 Å². The van der Waals surface area contributed by atoms with Crippen LogP contribution in [0.4, 0.5) is 4.39 Å². The molecule has 3 aromatic carbocycles. The Kier molecular flexibility index (Phi) is 9.10. The number of methoxy groups -OCH3 is 2. The smallest absolute Gasteiger partial charge is 0.303 e. The van der Waals surface area contributed by atoms with Gasteiger partial charge in [-0.3, -0.25) is 4.79 Å². The zero-order valence-electron chi connectivity index (χ0n) is 21.6. The maximum atomic E-state index is 15.0. The van der Waals surface area contributed by atoms with Gasteiger partial charge in [-0.05, 0) is 76.9 Å². The second kappa shape index (κ2) is 12.0. The van der Waals surface area contributed by atoms with Gasteiger partial charge in [-0.15, -0.1) is 0 Å². The van der Waals surface area contributed by atoms with E-state index in [1.807, 2.05) is 42.5 Å². The molecule has 0 amide bonds. The van der Waals surface area contributed by atoms with Gasteiger partial charge in [0.15, 0.2) is 0 Å². The number of hydrogen-bond donors (Lipinski definition) is 1. The van der Waals surface area contributed by atoms with Gasteiger partial charge in [-0.1, -0.05) is 45.0 Å². The first-order chi connectivity index (χ1) is 17.2. The molecule has 0 aliphatic rings. The van der Waals surface area contributed by atoms with Gasteiger partial charge >= 0.3 is 5.97 Å². The van der Waals surface area contributed by atoms with E-state index in [1.54, 1.807) is 26.4 Å². The van der Waals surface area contributed by atoms with E-state index >= 15 is 0 Å². The summed E-state index contributed by atoms with van der Waals surface area (Å²) >= 11 is 0. The molecule has 0 aliphatic carbocycles. The molecule has 0 spiro atoms. The lowest BCUT2D eigenvalue weighted by molar-refractivity contribution is -0.136. The first-order valence-corrected chi connectivity index (χ1v) is 12.1. The molecule has 0 saturated heterocycles. The van der Waals surface area contributed by atoms with Crippen LogP contribution in [-0.4, -0.2) is 25.3 Å². The van der Waals surface area contributed by atoms with Crippen LogP contribution in [0.2, 0.25) is 0 Å². The van der Waals surface area contributed by atoms with Crippen LogP contribution in [0.15, 0.2) is 60.7 Å². The van der Waals surface area contributed by atoms with Crippen molar-refractivity contribution in [1.82, 2.24) is 0 Å². The van der Waals surface area contributed by atoms with Crippen LogP contribution in [0.3, 0.4) is 0 Å². The lowest BCUT2D eigenvalue weighted by atomic mass is 9.77. The number of halogens is 1. The fourth-order valence-corrected chi connectivity index (χ4v) is 4.26. The Morgan fingerprint density at radius 3 is 2.42 bits per heavy atom. The molecule has 0 fully saturated rings. The standard InChI is InChI=1S/C30H35FO5/c1-6-30(2,3)29(35-5)26-17-21(10-13-24(26)25-18-22(34-4)12-14-27(25)31)19-36-23-9-7-8-20(16-23)11-15-28(32)33/h7-10,12-14,16-18,29H,6,11,15,19H2,1-5H3,(H,32,33). The number of aliphatic carboxylic acids is 1. The van der Waals surface area contributed by atoms with E-state index in [-0.39, 0.29) is 23.8 Å². The second-order valence-electron chi connectivity index (χ2n) is 9.56. The first kappa shape index (κ1) is 27.2. The molecule has 0 heterocycles. The third kappa shape index (κ3) is 6.64. The quantitative estimate of drug-likeness (QED) is 0.288. The fourth-order valence-electron chi connectivity index (χ4n) is 4.26. The van der Waals surface area contributed by atoms with Gasteiger partial charge in [0, 0.05) is 19.1 Å². The van der Waals surface area contributed by atoms with Crippen LogP contribution in [0, 0.1) is 11.2 Å². The molecule has 0 saturated carbocycles. The molecule has 0 radical (unpaired) electrons. The van der Waals surface area contributed by atoms with Gasteiger partial charge in [-0.2, -0.15) is 0 Å². The van der Waals surface area contributed by atoms with Crippen LogP contribution in [-0.2, 0) is 22.6 Å². The zero-order valence-corrected chi connectivity index (χ0v) is 21.6. The number of carboxylic acid groups (broad SMARTS) is 1. The number of rotatable bonds is 12. The molecular formula is C30H35FO5. The third-order valence-electron chi connectivity index (χ3n) is 6.65. The van der Waals surface area contributed by atoms with Gasteiger partial charge in [0.2, 0.25) is 0 Å². The summed E-state index contributed by atoms with van der Waals surface area (Å²) in [6.07, 6.45) is 1.11. The molecule has 192 valence electrons. The molecule has 0 bridgehead atoms. The summed E-state index contributed by atoms with van der Waals surface area (Å²) in [5.41, 5.74) is 3.71. The largest absolute Gasteiger partial charge is 0.497 e. The molecule has 1 atom stereocenters. The van der Waals surface area contributed by atoms with Crippen molar-refractivity contribution in [3.05, 3.63) is 83.2 Å². The Hall–Kier alpha value is -3.38. The Labute approximate surface area is 212 Å². The lowest BCUT2D eigenvalue weighted by Gasteiger charge is -2.34. The van der Waals surface area contributed by atoms with Crippen LogP contribution >= 0.6 is 0 Å². The van der Waals surface area contributed by atoms with E-state index in [0.717, 1.165) is 28.7 Å². The molecule has 36 heavy (non-hydrogen) atoms. The van der Waals surface area contributed by atoms with E-state index in [4.69, 9.17) is 19.3 Å². The minimum absolute atomic E-state index is 0.0702. The van der Waals surface area contributed by atoms with Crippen molar-refractivity contribution in [2.45, 2.75) is 52.7 Å². The maximum Gasteiger partial charge on any atom is 0.303 e. The Morgan fingerprint density at radius 2 is 1.75 bits per heavy atom. The van der Waals surface area contributed by atoms with Gasteiger partial charge in [-0.25, -0.2) is 4.39 Å². The number of hydrogen-bond acceptors (Lipinski definition) is 4. The second-order valence-corrected chi connectivity index (χ2v) is 9.56. The van der Waals surface area contributed by atoms with E-state index in [0.29, 0.717) is 30.1 Å². The Morgan fingerprint density at radius 1 is 0.972 bits per heavy atom. The number of carbonyl (C=O) groups is 1. The van der Waals surface area contributed by atoms with Crippen LogP contribution in [0.25, 0.3) is 11.1 Å². The van der Waals surface area contributed by atoms with Gasteiger partial charge in [0.05, 0.1) is 13.2 Å². The monoisotopic (exact) mass is 494 g/mol. The molecule has 1 N–H and O–H groups in total. The maximum absolute atomic E-state index is 15.0. The molecule has 6 heteroatoms. The van der Waals surface area contributed by atoms with Gasteiger partial charge < -0.3 is 19.3 Å². The van der Waals surface area contributed by atoms with E-state index in [1.165, 1.54) is 6.07 Å². The van der Waals surface area contributed by atoms with Crippen molar-refractivity contribution in [2.24, 2.45) is 5.41 Å². The number of aryl methyl sites for hydroxylation is 1.